The van der Waals surface area contributed by atoms with Gasteiger partial charge < -0.3 is 4.57 Å². The third kappa shape index (κ3) is 3.27. The number of benzene rings is 2. The molecule has 0 bridgehead atoms. The maximum Gasteiger partial charge on any atom is 0.269 e. The van der Waals surface area contributed by atoms with Crippen molar-refractivity contribution in [3.63, 3.8) is 0 Å². The highest BCUT2D eigenvalue weighted by Gasteiger charge is 2.17. The Morgan fingerprint density at radius 2 is 1.75 bits per heavy atom. The first-order valence-electron chi connectivity index (χ1n) is 7.19. The zero-order chi connectivity index (χ0) is 17.1. The van der Waals surface area contributed by atoms with Crippen LogP contribution in [0.3, 0.4) is 0 Å². The van der Waals surface area contributed by atoms with Gasteiger partial charge in [0.05, 0.1) is 16.5 Å². The third-order valence-corrected chi connectivity index (χ3v) is 4.23. The van der Waals surface area contributed by atoms with E-state index in [-0.39, 0.29) is 11.6 Å². The molecule has 0 spiro atoms. The van der Waals surface area contributed by atoms with Gasteiger partial charge in [-0.2, -0.15) is 0 Å². The van der Waals surface area contributed by atoms with Gasteiger partial charge in [0.15, 0.2) is 5.15 Å². The highest BCUT2D eigenvalue weighted by molar-refractivity contribution is 6.31. The first kappa shape index (κ1) is 16.5. The standard InChI is InChI=1S/C17H13Cl2N3O2/c18-10-15-16(19)20-17(13-6-8-14(9-7-13)22(23)24)21(15)11-12-4-2-1-3-5-12/h1-9H,10-11H2. The number of nitro groups is 1. The van der Waals surface area contributed by atoms with Crippen molar-refractivity contribution in [2.45, 2.75) is 12.4 Å². The van der Waals surface area contributed by atoms with Crippen molar-refractivity contribution in [1.82, 2.24) is 9.55 Å². The molecule has 0 aliphatic carbocycles. The SMILES string of the molecule is O=[N+]([O-])c1ccc(-c2nc(Cl)c(CCl)n2Cc2ccccc2)cc1. The summed E-state index contributed by atoms with van der Waals surface area (Å²) in [7, 11) is 0. The molecule has 0 amide bonds. The van der Waals surface area contributed by atoms with Crippen LogP contribution in [0, 0.1) is 10.1 Å². The van der Waals surface area contributed by atoms with E-state index >= 15 is 0 Å². The average molecular weight is 362 g/mol. The summed E-state index contributed by atoms with van der Waals surface area (Å²) in [5.41, 5.74) is 2.58. The molecule has 3 rings (SSSR count). The molecule has 3 aromatic rings. The summed E-state index contributed by atoms with van der Waals surface area (Å²) in [6.07, 6.45) is 0. The summed E-state index contributed by atoms with van der Waals surface area (Å²) in [6.45, 7) is 0.564. The Hall–Kier alpha value is -2.37. The van der Waals surface area contributed by atoms with E-state index in [4.69, 9.17) is 23.2 Å². The van der Waals surface area contributed by atoms with Crippen LogP contribution in [0.15, 0.2) is 54.6 Å². The minimum absolute atomic E-state index is 0.0311. The van der Waals surface area contributed by atoms with Crippen LogP contribution in [-0.4, -0.2) is 14.5 Å². The van der Waals surface area contributed by atoms with Gasteiger partial charge in [-0.1, -0.05) is 41.9 Å². The van der Waals surface area contributed by atoms with Crippen LogP contribution in [0.4, 0.5) is 5.69 Å². The van der Waals surface area contributed by atoms with Crippen LogP contribution in [0.25, 0.3) is 11.4 Å². The Morgan fingerprint density at radius 1 is 1.08 bits per heavy atom. The van der Waals surface area contributed by atoms with Crippen LogP contribution < -0.4 is 0 Å². The average Bonchev–Trinajstić information content (AvgIpc) is 2.91. The van der Waals surface area contributed by atoms with Gasteiger partial charge in [-0.15, -0.1) is 11.6 Å². The summed E-state index contributed by atoms with van der Waals surface area (Å²) in [5.74, 6) is 0.862. The van der Waals surface area contributed by atoms with Gasteiger partial charge >= 0.3 is 0 Å². The number of imidazole rings is 1. The van der Waals surface area contributed by atoms with Gasteiger partial charge in [0.2, 0.25) is 0 Å². The fourth-order valence-corrected chi connectivity index (χ4v) is 3.06. The molecule has 0 unspecified atom stereocenters. The Labute approximate surface area is 148 Å². The van der Waals surface area contributed by atoms with E-state index in [9.17, 15) is 10.1 Å². The Morgan fingerprint density at radius 3 is 2.33 bits per heavy atom. The largest absolute Gasteiger partial charge is 0.321 e. The molecule has 122 valence electrons. The van der Waals surface area contributed by atoms with Gasteiger partial charge in [0.25, 0.3) is 5.69 Å². The van der Waals surface area contributed by atoms with Crippen LogP contribution in [-0.2, 0) is 12.4 Å². The quantitative estimate of drug-likeness (QED) is 0.369. The van der Waals surface area contributed by atoms with Crippen molar-refractivity contribution in [3.05, 3.63) is 81.1 Å². The lowest BCUT2D eigenvalue weighted by Gasteiger charge is -2.11. The summed E-state index contributed by atoms with van der Waals surface area (Å²) in [4.78, 5) is 14.8. The molecular weight excluding hydrogens is 349 g/mol. The van der Waals surface area contributed by atoms with Crippen molar-refractivity contribution >= 4 is 28.9 Å². The Balaban J connectivity index is 2.05. The predicted octanol–water partition coefficient (Wildman–Crippen LogP) is 4.90. The molecule has 0 saturated carbocycles. The summed E-state index contributed by atoms with van der Waals surface area (Å²) < 4.78 is 1.94. The van der Waals surface area contributed by atoms with Crippen molar-refractivity contribution in [3.8, 4) is 11.4 Å². The number of hydrogen-bond donors (Lipinski definition) is 0. The fourth-order valence-electron chi connectivity index (χ4n) is 2.47. The van der Waals surface area contributed by atoms with E-state index in [1.165, 1.54) is 12.1 Å². The summed E-state index contributed by atoms with van der Waals surface area (Å²) in [6, 6.07) is 16.1. The van der Waals surface area contributed by atoms with Crippen molar-refractivity contribution in [2.75, 3.05) is 0 Å². The number of nitro benzene ring substituents is 1. The van der Waals surface area contributed by atoms with Crippen molar-refractivity contribution < 1.29 is 4.92 Å². The lowest BCUT2D eigenvalue weighted by atomic mass is 10.1. The van der Waals surface area contributed by atoms with E-state index in [0.717, 1.165) is 16.8 Å². The molecule has 0 saturated heterocycles. The monoisotopic (exact) mass is 361 g/mol. The molecule has 0 fully saturated rings. The minimum atomic E-state index is -0.433. The smallest absolute Gasteiger partial charge is 0.269 e. The molecule has 0 aliphatic rings. The van der Waals surface area contributed by atoms with Crippen LogP contribution in [0.1, 0.15) is 11.3 Å². The third-order valence-electron chi connectivity index (χ3n) is 3.67. The highest BCUT2D eigenvalue weighted by atomic mass is 35.5. The molecule has 0 N–H and O–H groups in total. The number of aromatic nitrogens is 2. The maximum absolute atomic E-state index is 10.8. The molecule has 0 atom stereocenters. The van der Waals surface area contributed by atoms with Gasteiger partial charge in [-0.05, 0) is 17.7 Å². The number of non-ortho nitro benzene ring substituents is 1. The van der Waals surface area contributed by atoms with E-state index in [1.54, 1.807) is 12.1 Å². The van der Waals surface area contributed by atoms with E-state index in [1.807, 2.05) is 34.9 Å². The van der Waals surface area contributed by atoms with E-state index in [2.05, 4.69) is 4.98 Å². The molecule has 0 radical (unpaired) electrons. The predicted molar refractivity (Wildman–Crippen MR) is 94.4 cm³/mol. The van der Waals surface area contributed by atoms with Crippen molar-refractivity contribution in [2.24, 2.45) is 0 Å². The van der Waals surface area contributed by atoms with Crippen molar-refractivity contribution in [1.29, 1.82) is 0 Å². The highest BCUT2D eigenvalue weighted by Crippen LogP contribution is 2.29. The van der Waals surface area contributed by atoms with Crippen LogP contribution in [0.5, 0.6) is 0 Å². The molecule has 2 aromatic carbocycles. The topological polar surface area (TPSA) is 61.0 Å². The lowest BCUT2D eigenvalue weighted by molar-refractivity contribution is -0.384. The van der Waals surface area contributed by atoms with Gasteiger partial charge in [-0.3, -0.25) is 10.1 Å². The van der Waals surface area contributed by atoms with Gasteiger partial charge in [0, 0.05) is 24.2 Å². The molecule has 1 aromatic heterocycles. The van der Waals surface area contributed by atoms with Gasteiger partial charge in [0.1, 0.15) is 5.82 Å². The second-order valence-electron chi connectivity index (χ2n) is 5.18. The van der Waals surface area contributed by atoms with E-state index in [0.29, 0.717) is 17.5 Å². The second-order valence-corrected chi connectivity index (χ2v) is 5.81. The van der Waals surface area contributed by atoms with Crippen LogP contribution >= 0.6 is 23.2 Å². The molecule has 1 heterocycles. The van der Waals surface area contributed by atoms with Crippen LogP contribution in [0.2, 0.25) is 5.15 Å². The molecular formula is C17H13Cl2N3O2. The number of rotatable bonds is 5. The molecule has 7 heteroatoms. The molecule has 24 heavy (non-hydrogen) atoms. The number of alkyl halides is 1. The maximum atomic E-state index is 10.8. The molecule has 0 aliphatic heterocycles. The fraction of sp³-hybridized carbons (Fsp3) is 0.118. The number of nitrogens with zero attached hydrogens (tertiary/aromatic N) is 3. The second kappa shape index (κ2) is 7.03. The number of hydrogen-bond acceptors (Lipinski definition) is 3. The lowest BCUT2D eigenvalue weighted by Crippen LogP contribution is -2.05. The Bertz CT molecular complexity index is 862. The molecule has 5 nitrogen and oxygen atoms in total. The summed E-state index contributed by atoms with van der Waals surface area (Å²) >= 11 is 12.3. The first-order valence-corrected chi connectivity index (χ1v) is 8.11. The Kier molecular flexibility index (Phi) is 4.83. The zero-order valence-electron chi connectivity index (χ0n) is 12.5. The van der Waals surface area contributed by atoms with E-state index < -0.39 is 4.92 Å². The zero-order valence-corrected chi connectivity index (χ0v) is 14.0. The number of halogens is 2. The first-order chi connectivity index (χ1) is 11.6. The summed E-state index contributed by atoms with van der Waals surface area (Å²) in [5, 5.41) is 11.1. The normalized spacial score (nSPS) is 10.8. The minimum Gasteiger partial charge on any atom is -0.321 e. The van der Waals surface area contributed by atoms with Gasteiger partial charge in [-0.25, -0.2) is 4.98 Å².